The molecule has 0 unspecified atom stereocenters. The molecule has 18 heavy (non-hydrogen) atoms. The largest absolute Gasteiger partial charge is 0.192 e. The van der Waals surface area contributed by atoms with Crippen molar-refractivity contribution < 1.29 is 0 Å². The minimum absolute atomic E-state index is 0.582. The summed E-state index contributed by atoms with van der Waals surface area (Å²) in [5, 5.41) is 8.76. The van der Waals surface area contributed by atoms with Gasteiger partial charge in [0.2, 0.25) is 0 Å². The van der Waals surface area contributed by atoms with Crippen LogP contribution in [-0.2, 0) is 4.33 Å². The molecule has 0 aliphatic carbocycles. The summed E-state index contributed by atoms with van der Waals surface area (Å²) in [4.78, 5) is 0. The Balaban J connectivity index is 2.40. The molecule has 2 aromatic rings. The molecule has 2 rings (SSSR count). The van der Waals surface area contributed by atoms with E-state index in [2.05, 4.69) is 22.0 Å². The molecular weight excluding hydrogens is 333 g/mol. The van der Waals surface area contributed by atoms with Crippen molar-refractivity contribution in [2.45, 2.75) is 4.33 Å². The second kappa shape index (κ2) is 5.32. The Kier molecular flexibility index (Phi) is 3.97. The smallest absolute Gasteiger partial charge is 0.168 e. The molecule has 90 valence electrons. The minimum atomic E-state index is -1.12. The van der Waals surface area contributed by atoms with Crippen LogP contribution in [0.2, 0.25) is 0 Å². The van der Waals surface area contributed by atoms with E-state index in [4.69, 9.17) is 28.5 Å². The van der Waals surface area contributed by atoms with E-state index < -0.39 is 4.33 Å². The summed E-state index contributed by atoms with van der Waals surface area (Å²) < 4.78 is -0.149. The van der Waals surface area contributed by atoms with Crippen LogP contribution in [0.4, 0.5) is 0 Å². The third-order valence-electron chi connectivity index (χ3n) is 2.58. The fraction of sp³-hybridized carbons (Fsp3) is 0.0714. The Morgan fingerprint density at radius 3 is 1.78 bits per heavy atom. The topological polar surface area (TPSA) is 23.8 Å². The average Bonchev–Trinajstić information content (AvgIpc) is 2.39. The van der Waals surface area contributed by atoms with Crippen molar-refractivity contribution in [1.82, 2.24) is 0 Å². The first-order valence-corrected chi connectivity index (χ1v) is 6.73. The molecule has 2 aromatic carbocycles. The van der Waals surface area contributed by atoms with Crippen LogP contribution < -0.4 is 0 Å². The van der Waals surface area contributed by atoms with E-state index in [1.807, 2.05) is 24.3 Å². The zero-order valence-corrected chi connectivity index (χ0v) is 12.3. The van der Waals surface area contributed by atoms with Gasteiger partial charge in [-0.3, -0.25) is 0 Å². The molecule has 0 aliphatic rings. The molecule has 0 spiro atoms. The predicted molar refractivity (Wildman–Crippen MR) is 77.8 cm³/mol. The molecule has 0 fully saturated rings. The summed E-state index contributed by atoms with van der Waals surface area (Å²) in [7, 11) is 0. The number of nitriles is 1. The first-order valence-electron chi connectivity index (χ1n) is 5.18. The Bertz CT molecular complexity index is 583. The highest BCUT2D eigenvalue weighted by atomic mass is 79.9. The van der Waals surface area contributed by atoms with Gasteiger partial charge < -0.3 is 0 Å². The van der Waals surface area contributed by atoms with Crippen LogP contribution in [-0.4, -0.2) is 0 Å². The lowest BCUT2D eigenvalue weighted by atomic mass is 10.0. The Hall–Kier alpha value is -1.01. The van der Waals surface area contributed by atoms with Crippen LogP contribution in [0, 0.1) is 11.3 Å². The van der Waals surface area contributed by atoms with Crippen molar-refractivity contribution in [2.75, 3.05) is 0 Å². The molecule has 0 heterocycles. The first kappa shape index (κ1) is 13.4. The Morgan fingerprint density at radius 2 is 1.33 bits per heavy atom. The lowest BCUT2D eigenvalue weighted by molar-refractivity contribution is 1.04. The molecule has 0 aromatic heterocycles. The zero-order valence-electron chi connectivity index (χ0n) is 9.20. The maximum Gasteiger partial charge on any atom is 0.168 e. The van der Waals surface area contributed by atoms with Gasteiger partial charge in [-0.15, -0.1) is 0 Å². The van der Waals surface area contributed by atoms with Gasteiger partial charge in [0.15, 0.2) is 4.33 Å². The maximum absolute atomic E-state index is 8.76. The lowest BCUT2D eigenvalue weighted by Crippen LogP contribution is -2.12. The third-order valence-corrected chi connectivity index (χ3v) is 3.98. The first-order chi connectivity index (χ1) is 8.54. The van der Waals surface area contributed by atoms with Gasteiger partial charge in [-0.1, -0.05) is 63.4 Å². The van der Waals surface area contributed by atoms with E-state index >= 15 is 0 Å². The van der Waals surface area contributed by atoms with Gasteiger partial charge in [0.25, 0.3) is 0 Å². The van der Waals surface area contributed by atoms with Gasteiger partial charge in [0, 0.05) is 4.47 Å². The van der Waals surface area contributed by atoms with Crippen molar-refractivity contribution >= 4 is 39.1 Å². The van der Waals surface area contributed by atoms with E-state index in [9.17, 15) is 0 Å². The van der Waals surface area contributed by atoms with Crippen LogP contribution in [0.25, 0.3) is 0 Å². The maximum atomic E-state index is 8.76. The lowest BCUT2D eigenvalue weighted by Gasteiger charge is -2.20. The SMILES string of the molecule is N#Cc1ccc(C(Cl)(Cl)c2ccc(Br)cc2)cc1. The normalized spacial score (nSPS) is 11.0. The van der Waals surface area contributed by atoms with E-state index in [1.54, 1.807) is 24.3 Å². The highest BCUT2D eigenvalue weighted by molar-refractivity contribution is 9.10. The van der Waals surface area contributed by atoms with Gasteiger partial charge in [-0.2, -0.15) is 5.26 Å². The second-order valence-corrected chi connectivity index (χ2v) is 6.01. The second-order valence-electron chi connectivity index (χ2n) is 3.77. The number of hydrogen-bond donors (Lipinski definition) is 0. The van der Waals surface area contributed by atoms with Crippen LogP contribution in [0.3, 0.4) is 0 Å². The summed E-state index contributed by atoms with van der Waals surface area (Å²) in [6.45, 7) is 0. The summed E-state index contributed by atoms with van der Waals surface area (Å²) >= 11 is 16.2. The van der Waals surface area contributed by atoms with Crippen molar-refractivity contribution in [3.8, 4) is 6.07 Å². The summed E-state index contributed by atoms with van der Waals surface area (Å²) in [6.07, 6.45) is 0. The fourth-order valence-corrected chi connectivity index (χ4v) is 2.35. The Morgan fingerprint density at radius 1 is 0.889 bits per heavy atom. The minimum Gasteiger partial charge on any atom is -0.192 e. The number of alkyl halides is 2. The van der Waals surface area contributed by atoms with E-state index in [0.29, 0.717) is 5.56 Å². The quantitative estimate of drug-likeness (QED) is 0.706. The third kappa shape index (κ3) is 2.70. The monoisotopic (exact) mass is 339 g/mol. The van der Waals surface area contributed by atoms with Crippen LogP contribution >= 0.6 is 39.1 Å². The van der Waals surface area contributed by atoms with Gasteiger partial charge in [0.05, 0.1) is 11.6 Å². The van der Waals surface area contributed by atoms with Crippen molar-refractivity contribution in [3.05, 3.63) is 69.7 Å². The van der Waals surface area contributed by atoms with E-state index in [-0.39, 0.29) is 0 Å². The van der Waals surface area contributed by atoms with E-state index in [0.717, 1.165) is 15.6 Å². The zero-order chi connectivity index (χ0) is 13.2. The van der Waals surface area contributed by atoms with Crippen molar-refractivity contribution in [1.29, 1.82) is 5.26 Å². The standard InChI is InChI=1S/C14H8BrCl2N/c15-13-7-5-12(6-8-13)14(16,17)11-3-1-10(9-18)2-4-11/h1-8H. The molecule has 0 radical (unpaired) electrons. The van der Waals surface area contributed by atoms with Gasteiger partial charge >= 0.3 is 0 Å². The molecule has 0 aliphatic heterocycles. The average molecular weight is 341 g/mol. The molecule has 0 amide bonds. The summed E-state index contributed by atoms with van der Waals surface area (Å²) in [5.41, 5.74) is 2.12. The molecule has 1 nitrogen and oxygen atoms in total. The van der Waals surface area contributed by atoms with Crippen molar-refractivity contribution in [3.63, 3.8) is 0 Å². The number of hydrogen-bond acceptors (Lipinski definition) is 1. The van der Waals surface area contributed by atoms with Gasteiger partial charge in [-0.05, 0) is 35.4 Å². The summed E-state index contributed by atoms with van der Waals surface area (Å²) in [6, 6.07) is 16.5. The molecule has 0 N–H and O–H groups in total. The number of benzene rings is 2. The van der Waals surface area contributed by atoms with Gasteiger partial charge in [-0.25, -0.2) is 0 Å². The number of nitrogens with zero attached hydrogens (tertiary/aromatic N) is 1. The molecule has 0 saturated carbocycles. The summed E-state index contributed by atoms with van der Waals surface area (Å²) in [5.74, 6) is 0. The number of halogens is 3. The predicted octanol–water partition coefficient (Wildman–Crippen LogP) is 5.00. The highest BCUT2D eigenvalue weighted by Crippen LogP contribution is 2.41. The van der Waals surface area contributed by atoms with Crippen molar-refractivity contribution in [2.24, 2.45) is 0 Å². The van der Waals surface area contributed by atoms with Gasteiger partial charge in [0.1, 0.15) is 0 Å². The Labute approximate surface area is 124 Å². The molecule has 0 saturated heterocycles. The molecule has 4 heteroatoms. The van der Waals surface area contributed by atoms with Crippen LogP contribution in [0.15, 0.2) is 53.0 Å². The molecule has 0 atom stereocenters. The fourth-order valence-electron chi connectivity index (χ4n) is 1.58. The van der Waals surface area contributed by atoms with Crippen LogP contribution in [0.1, 0.15) is 16.7 Å². The highest BCUT2D eigenvalue weighted by Gasteiger charge is 2.28. The van der Waals surface area contributed by atoms with Crippen LogP contribution in [0.5, 0.6) is 0 Å². The van der Waals surface area contributed by atoms with E-state index in [1.165, 1.54) is 0 Å². The number of rotatable bonds is 2. The molecule has 0 bridgehead atoms. The molecular formula is C14H8BrCl2N.